The van der Waals surface area contributed by atoms with Crippen molar-refractivity contribution in [2.45, 2.75) is 13.5 Å². The smallest absolute Gasteiger partial charge is 0.343 e. The van der Waals surface area contributed by atoms with E-state index in [4.69, 9.17) is 9.47 Å². The molecule has 0 aromatic heterocycles. The molecule has 4 heteroatoms. The van der Waals surface area contributed by atoms with Crippen LogP contribution in [0.5, 0.6) is 5.75 Å². The fourth-order valence-electron chi connectivity index (χ4n) is 1.73. The van der Waals surface area contributed by atoms with Crippen molar-refractivity contribution in [3.05, 3.63) is 77.9 Å². The van der Waals surface area contributed by atoms with E-state index in [2.05, 4.69) is 0 Å². The third kappa shape index (κ3) is 4.59. The van der Waals surface area contributed by atoms with Gasteiger partial charge >= 0.3 is 11.9 Å². The first kappa shape index (κ1) is 15.5. The number of ether oxygens (including phenoxy) is 2. The van der Waals surface area contributed by atoms with Crippen molar-refractivity contribution in [1.29, 1.82) is 0 Å². The minimum absolute atomic E-state index is 0.177. The zero-order valence-electron chi connectivity index (χ0n) is 12.2. The second kappa shape index (κ2) is 7.78. The Labute approximate surface area is 129 Å². The van der Waals surface area contributed by atoms with Crippen LogP contribution < -0.4 is 4.74 Å². The van der Waals surface area contributed by atoms with E-state index >= 15 is 0 Å². The van der Waals surface area contributed by atoms with E-state index in [-0.39, 0.29) is 12.6 Å². The van der Waals surface area contributed by atoms with Gasteiger partial charge in [-0.2, -0.15) is 0 Å². The Morgan fingerprint density at radius 2 is 1.68 bits per heavy atom. The van der Waals surface area contributed by atoms with Crippen molar-refractivity contribution in [2.75, 3.05) is 0 Å². The summed E-state index contributed by atoms with van der Waals surface area (Å²) in [6.07, 6.45) is 2.98. The third-order valence-corrected chi connectivity index (χ3v) is 2.83. The van der Waals surface area contributed by atoms with Crippen LogP contribution in [-0.4, -0.2) is 11.9 Å². The van der Waals surface area contributed by atoms with E-state index in [0.29, 0.717) is 11.3 Å². The van der Waals surface area contributed by atoms with Gasteiger partial charge in [-0.05, 0) is 36.8 Å². The molecule has 2 aromatic rings. The lowest BCUT2D eigenvalue weighted by Gasteiger charge is -2.06. The summed E-state index contributed by atoms with van der Waals surface area (Å²) in [6.45, 7) is 1.92. The minimum atomic E-state index is -0.409. The fraction of sp³-hybridized carbons (Fsp3) is 0.111. The average Bonchev–Trinajstić information content (AvgIpc) is 2.55. The molecule has 0 saturated carbocycles. The number of carbonyl (C=O) groups excluding carboxylic acids is 2. The minimum Gasteiger partial charge on any atom is -0.458 e. The molecule has 0 atom stereocenters. The molecule has 0 heterocycles. The molecule has 0 amide bonds. The lowest BCUT2D eigenvalue weighted by atomic mass is 10.2. The van der Waals surface area contributed by atoms with E-state index in [0.717, 1.165) is 5.56 Å². The maximum absolute atomic E-state index is 11.9. The summed E-state index contributed by atoms with van der Waals surface area (Å²) in [6, 6.07) is 15.6. The lowest BCUT2D eigenvalue weighted by molar-refractivity contribution is -0.139. The molecule has 0 saturated heterocycles. The van der Waals surface area contributed by atoms with Crippen LogP contribution in [0.1, 0.15) is 22.8 Å². The SMILES string of the molecule is CC=CC(=O)OCc1ccc(OC(=O)c2ccccc2)cc1. The Morgan fingerprint density at radius 3 is 2.32 bits per heavy atom. The molecule has 2 rings (SSSR count). The summed E-state index contributed by atoms with van der Waals surface area (Å²) in [4.78, 5) is 23.1. The number of rotatable bonds is 5. The van der Waals surface area contributed by atoms with Crippen molar-refractivity contribution >= 4 is 11.9 Å². The second-order valence-corrected chi connectivity index (χ2v) is 4.51. The summed E-state index contributed by atoms with van der Waals surface area (Å²) in [5, 5.41) is 0. The highest BCUT2D eigenvalue weighted by molar-refractivity contribution is 5.90. The van der Waals surface area contributed by atoms with Gasteiger partial charge in [0.1, 0.15) is 12.4 Å². The van der Waals surface area contributed by atoms with E-state index in [9.17, 15) is 9.59 Å². The second-order valence-electron chi connectivity index (χ2n) is 4.51. The molecular weight excluding hydrogens is 280 g/mol. The molecule has 112 valence electrons. The van der Waals surface area contributed by atoms with Crippen molar-refractivity contribution in [2.24, 2.45) is 0 Å². The van der Waals surface area contributed by atoms with Crippen molar-refractivity contribution in [3.63, 3.8) is 0 Å². The summed E-state index contributed by atoms with van der Waals surface area (Å²) < 4.78 is 10.3. The normalized spacial score (nSPS) is 10.4. The zero-order valence-corrected chi connectivity index (χ0v) is 12.2. The largest absolute Gasteiger partial charge is 0.458 e. The van der Waals surface area contributed by atoms with Gasteiger partial charge in [0, 0.05) is 6.08 Å². The van der Waals surface area contributed by atoms with Gasteiger partial charge in [0.15, 0.2) is 0 Å². The average molecular weight is 296 g/mol. The highest BCUT2D eigenvalue weighted by Gasteiger charge is 2.07. The summed E-state index contributed by atoms with van der Waals surface area (Å²) in [7, 11) is 0. The number of allylic oxidation sites excluding steroid dienone is 1. The predicted molar refractivity (Wildman–Crippen MR) is 82.5 cm³/mol. The van der Waals surface area contributed by atoms with Crippen molar-refractivity contribution in [1.82, 2.24) is 0 Å². The van der Waals surface area contributed by atoms with Crippen LogP contribution in [-0.2, 0) is 16.1 Å². The molecule has 0 aliphatic heterocycles. The van der Waals surface area contributed by atoms with Gasteiger partial charge < -0.3 is 9.47 Å². The van der Waals surface area contributed by atoms with Crippen molar-refractivity contribution in [3.8, 4) is 5.75 Å². The molecule has 0 fully saturated rings. The highest BCUT2D eigenvalue weighted by Crippen LogP contribution is 2.15. The molecule has 2 aromatic carbocycles. The summed E-state index contributed by atoms with van der Waals surface area (Å²) in [5.41, 5.74) is 1.31. The van der Waals surface area contributed by atoms with Gasteiger partial charge in [0.05, 0.1) is 5.56 Å². The summed E-state index contributed by atoms with van der Waals surface area (Å²) >= 11 is 0. The fourth-order valence-corrected chi connectivity index (χ4v) is 1.73. The van der Waals surface area contributed by atoms with Gasteiger partial charge in [0.25, 0.3) is 0 Å². The number of carbonyl (C=O) groups is 2. The van der Waals surface area contributed by atoms with Crippen LogP contribution in [0.2, 0.25) is 0 Å². The predicted octanol–water partition coefficient (Wildman–Crippen LogP) is 3.53. The monoisotopic (exact) mass is 296 g/mol. The Morgan fingerprint density at radius 1 is 1.00 bits per heavy atom. The molecule has 0 N–H and O–H groups in total. The topological polar surface area (TPSA) is 52.6 Å². The molecule has 0 aliphatic rings. The standard InChI is InChI=1S/C18H16O4/c1-2-6-17(19)21-13-14-9-11-16(12-10-14)22-18(20)15-7-4-3-5-8-15/h2-12H,13H2,1H3. The van der Waals surface area contributed by atoms with Crippen LogP contribution in [0.25, 0.3) is 0 Å². The molecule has 0 unspecified atom stereocenters. The first-order valence-corrected chi connectivity index (χ1v) is 6.84. The summed E-state index contributed by atoms with van der Waals surface area (Å²) in [5.74, 6) is -0.354. The van der Waals surface area contributed by atoms with Gasteiger partial charge in [-0.1, -0.05) is 36.4 Å². The Hall–Kier alpha value is -2.88. The van der Waals surface area contributed by atoms with Crippen LogP contribution >= 0.6 is 0 Å². The van der Waals surface area contributed by atoms with Crippen LogP contribution in [0, 0.1) is 0 Å². The Kier molecular flexibility index (Phi) is 5.49. The van der Waals surface area contributed by atoms with Crippen LogP contribution in [0.3, 0.4) is 0 Å². The molecule has 0 aliphatic carbocycles. The number of hydrogen-bond acceptors (Lipinski definition) is 4. The number of hydrogen-bond donors (Lipinski definition) is 0. The molecule has 22 heavy (non-hydrogen) atoms. The van der Waals surface area contributed by atoms with Gasteiger partial charge in [-0.3, -0.25) is 0 Å². The van der Waals surface area contributed by atoms with E-state index in [1.165, 1.54) is 6.08 Å². The quantitative estimate of drug-likeness (QED) is 0.481. The zero-order chi connectivity index (χ0) is 15.8. The first-order chi connectivity index (χ1) is 10.7. The van der Waals surface area contributed by atoms with Crippen LogP contribution in [0.4, 0.5) is 0 Å². The molecule has 0 radical (unpaired) electrons. The van der Waals surface area contributed by atoms with Gasteiger partial charge in [-0.25, -0.2) is 9.59 Å². The highest BCUT2D eigenvalue weighted by atomic mass is 16.5. The number of esters is 2. The maximum atomic E-state index is 11.9. The lowest BCUT2D eigenvalue weighted by Crippen LogP contribution is -2.08. The van der Waals surface area contributed by atoms with E-state index < -0.39 is 5.97 Å². The Balaban J connectivity index is 1.92. The van der Waals surface area contributed by atoms with Crippen molar-refractivity contribution < 1.29 is 19.1 Å². The van der Waals surface area contributed by atoms with Gasteiger partial charge in [0.2, 0.25) is 0 Å². The molecule has 0 spiro atoms. The first-order valence-electron chi connectivity index (χ1n) is 6.84. The van der Waals surface area contributed by atoms with Gasteiger partial charge in [-0.15, -0.1) is 0 Å². The number of benzene rings is 2. The molecule has 4 nitrogen and oxygen atoms in total. The maximum Gasteiger partial charge on any atom is 0.343 e. The van der Waals surface area contributed by atoms with E-state index in [1.54, 1.807) is 61.5 Å². The molecule has 0 bridgehead atoms. The third-order valence-electron chi connectivity index (χ3n) is 2.83. The van der Waals surface area contributed by atoms with E-state index in [1.807, 2.05) is 6.07 Å². The Bertz CT molecular complexity index is 657. The van der Waals surface area contributed by atoms with Crippen LogP contribution in [0.15, 0.2) is 66.7 Å². The molecular formula is C18H16O4.